The van der Waals surface area contributed by atoms with Gasteiger partial charge in [0.15, 0.2) is 0 Å². The van der Waals surface area contributed by atoms with Gasteiger partial charge in [-0.15, -0.1) is 11.3 Å². The summed E-state index contributed by atoms with van der Waals surface area (Å²) in [5.41, 5.74) is 10.9. The van der Waals surface area contributed by atoms with Crippen molar-refractivity contribution in [3.8, 4) is 28.2 Å². The Morgan fingerprint density at radius 3 is 1.82 bits per heavy atom. The minimum Gasteiger partial charge on any atom is -0.279 e. The minimum atomic E-state index is 0.835. The molecular weight excluding hydrogens is 617 g/mol. The molecule has 0 bridgehead atoms. The molecule has 0 aliphatic rings. The second-order valence-electron chi connectivity index (χ2n) is 12.7. The van der Waals surface area contributed by atoms with Crippen molar-refractivity contribution in [3.05, 3.63) is 158 Å². The van der Waals surface area contributed by atoms with Crippen molar-refractivity contribution in [1.82, 2.24) is 18.9 Å². The number of hydrogen-bond acceptors (Lipinski definition) is 3. The van der Waals surface area contributed by atoms with Crippen molar-refractivity contribution < 1.29 is 0 Å². The number of nitrogens with zero attached hydrogens (tertiary/aromatic N) is 4. The van der Waals surface area contributed by atoms with Crippen LogP contribution >= 0.6 is 11.3 Å². The van der Waals surface area contributed by atoms with E-state index in [-0.39, 0.29) is 0 Å². The molecule has 0 radical (unpaired) electrons. The lowest BCUT2D eigenvalue weighted by atomic mass is 9.98. The predicted octanol–water partition coefficient (Wildman–Crippen LogP) is 11.8. The van der Waals surface area contributed by atoms with Crippen LogP contribution in [0, 0.1) is 0 Å². The van der Waals surface area contributed by atoms with E-state index < -0.39 is 0 Å². The van der Waals surface area contributed by atoms with Crippen LogP contribution in [-0.4, -0.2) is 18.9 Å². The van der Waals surface area contributed by atoms with Crippen LogP contribution in [0.1, 0.15) is 0 Å². The maximum Gasteiger partial charge on any atom is 0.221 e. The fourth-order valence-corrected chi connectivity index (χ4v) is 8.75. The number of aromatic nitrogens is 4. The van der Waals surface area contributed by atoms with Crippen LogP contribution in [0.25, 0.3) is 97.8 Å². The number of benzene rings is 7. The number of fused-ring (bicyclic) bond motifs is 11. The van der Waals surface area contributed by atoms with E-state index in [1.807, 2.05) is 23.5 Å². The Hall–Kier alpha value is -6.30. The first-order valence-electron chi connectivity index (χ1n) is 16.5. The van der Waals surface area contributed by atoms with Gasteiger partial charge < -0.3 is 0 Å². The smallest absolute Gasteiger partial charge is 0.221 e. The zero-order valence-corrected chi connectivity index (χ0v) is 27.0. The first kappa shape index (κ1) is 26.7. The average Bonchev–Trinajstić information content (AvgIpc) is 3.84. The summed E-state index contributed by atoms with van der Waals surface area (Å²) in [5, 5.41) is 6.09. The number of imidazole rings is 1. The number of rotatable bonds is 3. The minimum absolute atomic E-state index is 0.835. The van der Waals surface area contributed by atoms with Gasteiger partial charge in [0.25, 0.3) is 0 Å². The van der Waals surface area contributed by atoms with E-state index in [4.69, 9.17) is 9.97 Å². The molecule has 4 heterocycles. The van der Waals surface area contributed by atoms with Gasteiger partial charge in [-0.25, -0.2) is 9.97 Å². The summed E-state index contributed by atoms with van der Waals surface area (Å²) in [6, 6.07) is 56.6. The molecule has 0 spiro atoms. The molecule has 49 heavy (non-hydrogen) atoms. The lowest BCUT2D eigenvalue weighted by Gasteiger charge is -2.12. The van der Waals surface area contributed by atoms with Crippen LogP contribution in [0.15, 0.2) is 158 Å². The SMILES string of the molecule is c1ccc2c(c1)nc(-n1c3ccccc3c3cc(-c4ccc(-c5ccc6c(c5)sc5ccccc56)cc4)ccc31)n1c3ccccc3nc21. The summed E-state index contributed by atoms with van der Waals surface area (Å²) >= 11 is 1.86. The maximum atomic E-state index is 5.31. The molecule has 5 heteroatoms. The Kier molecular flexibility index (Phi) is 5.51. The van der Waals surface area contributed by atoms with E-state index in [0.29, 0.717) is 0 Å². The van der Waals surface area contributed by atoms with Gasteiger partial charge in [-0.1, -0.05) is 103 Å². The zero-order valence-electron chi connectivity index (χ0n) is 26.2. The van der Waals surface area contributed by atoms with Gasteiger partial charge in [0.1, 0.15) is 5.65 Å². The number of hydrogen-bond donors (Lipinski definition) is 0. The van der Waals surface area contributed by atoms with E-state index in [1.54, 1.807) is 0 Å². The first-order valence-corrected chi connectivity index (χ1v) is 17.3. The van der Waals surface area contributed by atoms with Gasteiger partial charge in [-0.2, -0.15) is 0 Å². The summed E-state index contributed by atoms with van der Waals surface area (Å²) in [6.07, 6.45) is 0. The van der Waals surface area contributed by atoms with Gasteiger partial charge in [0.05, 0.1) is 27.6 Å². The largest absolute Gasteiger partial charge is 0.279 e. The van der Waals surface area contributed by atoms with Crippen molar-refractivity contribution in [2.75, 3.05) is 0 Å². The molecule has 0 N–H and O–H groups in total. The first-order chi connectivity index (χ1) is 24.3. The molecule has 4 nitrogen and oxygen atoms in total. The lowest BCUT2D eigenvalue weighted by molar-refractivity contribution is 0.979. The molecule has 0 saturated heterocycles. The van der Waals surface area contributed by atoms with Crippen molar-refractivity contribution in [2.24, 2.45) is 0 Å². The molecule has 0 aliphatic carbocycles. The van der Waals surface area contributed by atoms with Crippen molar-refractivity contribution >= 4 is 80.9 Å². The molecule has 0 aliphatic heterocycles. The Morgan fingerprint density at radius 1 is 0.388 bits per heavy atom. The normalized spacial score (nSPS) is 12.1. The average molecular weight is 643 g/mol. The highest BCUT2D eigenvalue weighted by Crippen LogP contribution is 2.39. The van der Waals surface area contributed by atoms with Gasteiger partial charge in [-0.05, 0) is 76.9 Å². The zero-order chi connectivity index (χ0) is 32.1. The van der Waals surface area contributed by atoms with Crippen molar-refractivity contribution in [2.45, 2.75) is 0 Å². The van der Waals surface area contributed by atoms with Gasteiger partial charge in [-0.3, -0.25) is 8.97 Å². The molecule has 7 aromatic carbocycles. The fourth-order valence-electron chi connectivity index (χ4n) is 7.61. The maximum absolute atomic E-state index is 5.31. The van der Waals surface area contributed by atoms with Crippen LogP contribution in [0.2, 0.25) is 0 Å². The Balaban J connectivity index is 1.07. The third kappa shape index (κ3) is 3.91. The third-order valence-corrected chi connectivity index (χ3v) is 11.1. The van der Waals surface area contributed by atoms with Crippen molar-refractivity contribution in [1.29, 1.82) is 0 Å². The topological polar surface area (TPSA) is 35.1 Å². The summed E-state index contributed by atoms with van der Waals surface area (Å²) in [6.45, 7) is 0. The Bertz CT molecular complexity index is 3110. The van der Waals surface area contributed by atoms with E-state index >= 15 is 0 Å². The summed E-state index contributed by atoms with van der Waals surface area (Å²) in [4.78, 5) is 10.4. The molecule has 0 amide bonds. The van der Waals surface area contributed by atoms with E-state index in [9.17, 15) is 0 Å². The molecule has 0 unspecified atom stereocenters. The molecule has 0 saturated carbocycles. The van der Waals surface area contributed by atoms with Crippen LogP contribution in [0.4, 0.5) is 0 Å². The van der Waals surface area contributed by atoms with Gasteiger partial charge in [0.2, 0.25) is 5.95 Å². The summed E-state index contributed by atoms with van der Waals surface area (Å²) in [5.74, 6) is 0.835. The molecule has 0 atom stereocenters. The van der Waals surface area contributed by atoms with Crippen molar-refractivity contribution in [3.63, 3.8) is 0 Å². The fraction of sp³-hybridized carbons (Fsp3) is 0. The highest BCUT2D eigenvalue weighted by atomic mass is 32.1. The Morgan fingerprint density at radius 2 is 0.980 bits per heavy atom. The number of para-hydroxylation sites is 4. The second kappa shape index (κ2) is 10.1. The van der Waals surface area contributed by atoms with Crippen LogP contribution in [0.3, 0.4) is 0 Å². The van der Waals surface area contributed by atoms with E-state index in [2.05, 4.69) is 155 Å². The molecular formula is C44H26N4S. The number of thiophene rings is 1. The molecule has 228 valence electrons. The van der Waals surface area contributed by atoms with Gasteiger partial charge >= 0.3 is 0 Å². The highest BCUT2D eigenvalue weighted by molar-refractivity contribution is 7.25. The van der Waals surface area contributed by atoms with E-state index in [0.717, 1.165) is 44.6 Å². The van der Waals surface area contributed by atoms with Crippen LogP contribution in [0.5, 0.6) is 0 Å². The van der Waals surface area contributed by atoms with Crippen LogP contribution in [-0.2, 0) is 0 Å². The monoisotopic (exact) mass is 642 g/mol. The van der Waals surface area contributed by atoms with Gasteiger partial charge in [0, 0.05) is 36.3 Å². The second-order valence-corrected chi connectivity index (χ2v) is 13.7. The highest BCUT2D eigenvalue weighted by Gasteiger charge is 2.20. The summed E-state index contributed by atoms with van der Waals surface area (Å²) in [7, 11) is 0. The van der Waals surface area contributed by atoms with E-state index in [1.165, 1.54) is 53.2 Å². The predicted molar refractivity (Wildman–Crippen MR) is 206 cm³/mol. The lowest BCUT2D eigenvalue weighted by Crippen LogP contribution is -2.06. The van der Waals surface area contributed by atoms with Crippen LogP contribution < -0.4 is 0 Å². The molecule has 11 rings (SSSR count). The molecule has 0 fully saturated rings. The summed E-state index contributed by atoms with van der Waals surface area (Å²) < 4.78 is 7.18. The quantitative estimate of drug-likeness (QED) is 0.192. The third-order valence-electron chi connectivity index (χ3n) is 9.93. The molecule has 11 aromatic rings. The Labute approximate surface area is 284 Å². The standard InChI is InChI=1S/C44H26N4S/c1-4-12-36-34(11-1)43-45-37-13-5-7-15-40(37)48(43)44(46-36)47-38-14-6-2-9-31(38)35-25-29(22-24-39(35)47)27-17-19-28(20-18-27)30-21-23-33-32-10-3-8-16-41(32)49-42(33)26-30/h1-26H. The molecule has 4 aromatic heterocycles.